The second kappa shape index (κ2) is 6.15. The molecule has 5 heteroatoms. The quantitative estimate of drug-likeness (QED) is 0.759. The van der Waals surface area contributed by atoms with Crippen molar-refractivity contribution in [3.8, 4) is 0 Å². The van der Waals surface area contributed by atoms with E-state index in [9.17, 15) is 8.78 Å². The third-order valence-electron chi connectivity index (χ3n) is 3.27. The monoisotopic (exact) mass is 373 g/mol. The van der Waals surface area contributed by atoms with Crippen molar-refractivity contribution >= 4 is 27.3 Å². The lowest BCUT2D eigenvalue weighted by Crippen LogP contribution is -2.19. The summed E-state index contributed by atoms with van der Waals surface area (Å²) in [7, 11) is 1.71. The highest BCUT2D eigenvalue weighted by molar-refractivity contribution is 9.10. The van der Waals surface area contributed by atoms with Gasteiger partial charge < -0.3 is 5.32 Å². The summed E-state index contributed by atoms with van der Waals surface area (Å²) >= 11 is 4.69. The van der Waals surface area contributed by atoms with Crippen molar-refractivity contribution in [1.29, 1.82) is 0 Å². The molecule has 0 radical (unpaired) electrons. The summed E-state index contributed by atoms with van der Waals surface area (Å²) in [6.07, 6.45) is 0. The Morgan fingerprint density at radius 3 is 2.14 bits per heavy atom. The Labute approximate surface area is 136 Å². The Bertz CT molecular complexity index is 623. The zero-order chi connectivity index (χ0) is 15.8. The molecule has 114 valence electrons. The van der Waals surface area contributed by atoms with Gasteiger partial charge in [0.05, 0.1) is 6.04 Å². The Balaban J connectivity index is 2.48. The van der Waals surface area contributed by atoms with E-state index in [1.807, 2.05) is 12.1 Å². The molecular weight excluding hydrogens is 356 g/mol. The lowest BCUT2D eigenvalue weighted by molar-refractivity contribution is 0.523. The van der Waals surface area contributed by atoms with E-state index in [1.165, 1.54) is 17.0 Å². The van der Waals surface area contributed by atoms with Crippen molar-refractivity contribution in [3.63, 3.8) is 0 Å². The minimum atomic E-state index is -0.549. The van der Waals surface area contributed by atoms with Gasteiger partial charge in [0.15, 0.2) is 0 Å². The molecule has 1 N–H and O–H groups in total. The Hall–Kier alpha value is -0.780. The van der Waals surface area contributed by atoms with Crippen LogP contribution in [0.4, 0.5) is 8.78 Å². The molecule has 2 rings (SSSR count). The van der Waals surface area contributed by atoms with E-state index in [4.69, 9.17) is 0 Å². The smallest absolute Gasteiger partial charge is 0.132 e. The van der Waals surface area contributed by atoms with Crippen molar-refractivity contribution < 1.29 is 8.78 Å². The van der Waals surface area contributed by atoms with Crippen LogP contribution in [-0.4, -0.2) is 7.05 Å². The van der Waals surface area contributed by atoms with Crippen molar-refractivity contribution in [3.05, 3.63) is 55.7 Å². The van der Waals surface area contributed by atoms with Crippen LogP contribution in [-0.2, 0) is 5.41 Å². The molecule has 1 aromatic carbocycles. The fraction of sp³-hybridized carbons (Fsp3) is 0.375. The standard InChI is InChI=1S/C16H18BrF2NS/c1-16(2,3)13-6-5-12(21-13)15(20-4)14-10(18)7-9(17)8-11(14)19/h5-8,15,20H,1-4H3. The van der Waals surface area contributed by atoms with Crippen molar-refractivity contribution in [2.24, 2.45) is 0 Å². The molecular formula is C16H18BrF2NS. The van der Waals surface area contributed by atoms with Crippen LogP contribution < -0.4 is 5.32 Å². The van der Waals surface area contributed by atoms with Gasteiger partial charge in [0, 0.05) is 19.8 Å². The van der Waals surface area contributed by atoms with Crippen molar-refractivity contribution in [2.45, 2.75) is 32.2 Å². The van der Waals surface area contributed by atoms with Gasteiger partial charge >= 0.3 is 0 Å². The second-order valence-corrected chi connectivity index (χ2v) is 7.99. The molecule has 2 aromatic rings. The maximum absolute atomic E-state index is 14.2. The molecule has 1 unspecified atom stereocenters. The summed E-state index contributed by atoms with van der Waals surface area (Å²) in [5.74, 6) is -1.10. The Kier molecular flexibility index (Phi) is 4.85. The summed E-state index contributed by atoms with van der Waals surface area (Å²) in [6, 6.07) is 6.06. The first-order chi connectivity index (χ1) is 9.74. The fourth-order valence-corrected chi connectivity index (χ4v) is 3.76. The highest BCUT2D eigenvalue weighted by Crippen LogP contribution is 2.36. The van der Waals surface area contributed by atoms with Gasteiger partial charge in [-0.1, -0.05) is 36.7 Å². The van der Waals surface area contributed by atoms with Gasteiger partial charge in [0.1, 0.15) is 11.6 Å². The molecule has 1 atom stereocenters. The van der Waals surface area contributed by atoms with Crippen LogP contribution in [0.1, 0.15) is 42.1 Å². The average Bonchev–Trinajstić information content (AvgIpc) is 2.82. The molecule has 0 saturated heterocycles. The summed E-state index contributed by atoms with van der Waals surface area (Å²) in [6.45, 7) is 6.37. The molecule has 1 nitrogen and oxygen atoms in total. The second-order valence-electron chi connectivity index (χ2n) is 5.96. The third kappa shape index (κ3) is 3.52. The number of benzene rings is 1. The number of hydrogen-bond acceptors (Lipinski definition) is 2. The minimum absolute atomic E-state index is 0.0258. The van der Waals surface area contributed by atoms with Crippen molar-refractivity contribution in [1.82, 2.24) is 5.32 Å². The summed E-state index contributed by atoms with van der Waals surface area (Å²) in [4.78, 5) is 2.10. The van der Waals surface area contributed by atoms with Gasteiger partial charge in [-0.25, -0.2) is 8.78 Å². The molecule has 0 amide bonds. The number of rotatable bonds is 3. The maximum Gasteiger partial charge on any atom is 0.132 e. The first-order valence-electron chi connectivity index (χ1n) is 6.66. The molecule has 0 aliphatic rings. The number of halogens is 3. The average molecular weight is 374 g/mol. The molecule has 0 fully saturated rings. The normalized spacial score (nSPS) is 13.5. The van der Waals surface area contributed by atoms with Crippen LogP contribution in [0.25, 0.3) is 0 Å². The molecule has 0 aliphatic carbocycles. The van der Waals surface area contributed by atoms with Crippen LogP contribution in [0.15, 0.2) is 28.7 Å². The van der Waals surface area contributed by atoms with E-state index in [2.05, 4.69) is 42.0 Å². The molecule has 1 aromatic heterocycles. The maximum atomic E-state index is 14.2. The number of nitrogens with one attached hydrogen (secondary N) is 1. The van der Waals surface area contributed by atoms with E-state index >= 15 is 0 Å². The number of thiophene rings is 1. The van der Waals surface area contributed by atoms with E-state index in [0.29, 0.717) is 4.47 Å². The molecule has 21 heavy (non-hydrogen) atoms. The summed E-state index contributed by atoms with van der Waals surface area (Å²) in [5.41, 5.74) is 0.0841. The highest BCUT2D eigenvalue weighted by atomic mass is 79.9. The molecule has 1 heterocycles. The molecule has 0 bridgehead atoms. The lowest BCUT2D eigenvalue weighted by Gasteiger charge is -2.18. The van der Waals surface area contributed by atoms with Gasteiger partial charge in [-0.05, 0) is 36.7 Å². The zero-order valence-corrected chi connectivity index (χ0v) is 14.8. The lowest BCUT2D eigenvalue weighted by atomic mass is 9.95. The predicted octanol–water partition coefficient (Wildman–Crippen LogP) is 5.40. The van der Waals surface area contributed by atoms with Gasteiger partial charge in [-0.3, -0.25) is 0 Å². The molecule has 0 spiro atoms. The van der Waals surface area contributed by atoms with Gasteiger partial charge in [-0.2, -0.15) is 0 Å². The Morgan fingerprint density at radius 1 is 1.14 bits per heavy atom. The number of hydrogen-bond donors (Lipinski definition) is 1. The van der Waals surface area contributed by atoms with Crippen LogP contribution in [0, 0.1) is 11.6 Å². The predicted molar refractivity (Wildman–Crippen MR) is 88.0 cm³/mol. The van der Waals surface area contributed by atoms with Crippen LogP contribution in [0.2, 0.25) is 0 Å². The van der Waals surface area contributed by atoms with Gasteiger partial charge in [-0.15, -0.1) is 11.3 Å². The van der Waals surface area contributed by atoms with Crippen LogP contribution in [0.5, 0.6) is 0 Å². The summed E-state index contributed by atoms with van der Waals surface area (Å²) in [5, 5.41) is 3.02. The highest BCUT2D eigenvalue weighted by Gasteiger charge is 2.24. The van der Waals surface area contributed by atoms with E-state index in [0.717, 1.165) is 4.88 Å². The SMILES string of the molecule is CNC(c1ccc(C(C)(C)C)s1)c1c(F)cc(Br)cc1F. The topological polar surface area (TPSA) is 12.0 Å². The summed E-state index contributed by atoms with van der Waals surface area (Å²) < 4.78 is 28.7. The molecule has 0 saturated carbocycles. The van der Waals surface area contributed by atoms with E-state index in [-0.39, 0.29) is 11.0 Å². The first kappa shape index (κ1) is 16.6. The van der Waals surface area contributed by atoms with E-state index in [1.54, 1.807) is 18.4 Å². The first-order valence-corrected chi connectivity index (χ1v) is 8.27. The van der Waals surface area contributed by atoms with Crippen LogP contribution in [0.3, 0.4) is 0 Å². The Morgan fingerprint density at radius 2 is 1.71 bits per heavy atom. The van der Waals surface area contributed by atoms with E-state index < -0.39 is 17.7 Å². The van der Waals surface area contributed by atoms with Crippen molar-refractivity contribution in [2.75, 3.05) is 7.05 Å². The fourth-order valence-electron chi connectivity index (χ4n) is 2.17. The van der Waals surface area contributed by atoms with Crippen LogP contribution >= 0.6 is 27.3 Å². The minimum Gasteiger partial charge on any atom is -0.308 e. The van der Waals surface area contributed by atoms with Gasteiger partial charge in [0.2, 0.25) is 0 Å². The largest absolute Gasteiger partial charge is 0.308 e. The zero-order valence-electron chi connectivity index (χ0n) is 12.4. The third-order valence-corrected chi connectivity index (χ3v) is 5.31. The van der Waals surface area contributed by atoms with Gasteiger partial charge in [0.25, 0.3) is 0 Å². The molecule has 0 aliphatic heterocycles.